The Morgan fingerprint density at radius 1 is 0.732 bits per heavy atom. The van der Waals surface area contributed by atoms with Crippen molar-refractivity contribution in [1.29, 1.82) is 0 Å². The van der Waals surface area contributed by atoms with Crippen LogP contribution in [0, 0.1) is 0 Å². The third-order valence-corrected chi connectivity index (χ3v) is 7.87. The predicted molar refractivity (Wildman–Crippen MR) is 169 cm³/mol. The monoisotopic (exact) mass is 607 g/mol. The summed E-state index contributed by atoms with van der Waals surface area (Å²) in [6, 6.07) is 29.9. The quantitative estimate of drug-likeness (QED) is 0.169. The average Bonchev–Trinajstić information content (AvgIpc) is 3.60. The first-order valence-corrected chi connectivity index (χ1v) is 14.1. The van der Waals surface area contributed by atoms with Crippen LogP contribution in [0.5, 0.6) is 0 Å². The summed E-state index contributed by atoms with van der Waals surface area (Å²) < 4.78 is 0. The van der Waals surface area contributed by atoms with Gasteiger partial charge in [0.15, 0.2) is 0 Å². The van der Waals surface area contributed by atoms with Gasteiger partial charge in [-0.3, -0.25) is 9.88 Å². The summed E-state index contributed by atoms with van der Waals surface area (Å²) in [4.78, 5) is 23.9. The molecule has 0 saturated carbocycles. The number of aromatic nitrogens is 5. The van der Waals surface area contributed by atoms with Crippen molar-refractivity contribution >= 4 is 39.0 Å². The lowest BCUT2D eigenvalue weighted by atomic mass is 9.90. The zero-order valence-corrected chi connectivity index (χ0v) is 24.6. The second kappa shape index (κ2) is 12.3. The molecule has 0 saturated heterocycles. The zero-order valence-electron chi connectivity index (χ0n) is 22.9. The molecule has 1 unspecified atom stereocenters. The van der Waals surface area contributed by atoms with Gasteiger partial charge in [-0.1, -0.05) is 54.6 Å². The molecule has 1 atom stereocenters. The largest absolute Gasteiger partial charge is 0.341 e. The highest BCUT2D eigenvalue weighted by Crippen LogP contribution is 2.34. The highest BCUT2D eigenvalue weighted by Gasteiger charge is 2.28. The molecule has 3 heterocycles. The highest BCUT2D eigenvalue weighted by atomic mass is 79.9. The topological polar surface area (TPSA) is 85.5 Å². The van der Waals surface area contributed by atoms with Crippen LogP contribution in [-0.4, -0.2) is 29.8 Å². The fourth-order valence-electron chi connectivity index (χ4n) is 5.90. The van der Waals surface area contributed by atoms with Crippen LogP contribution in [0.1, 0.15) is 52.9 Å². The van der Waals surface area contributed by atoms with Crippen molar-refractivity contribution < 1.29 is 0 Å². The Morgan fingerprint density at radius 3 is 2.17 bits per heavy atom. The van der Waals surface area contributed by atoms with Crippen LogP contribution < -0.4 is 5.32 Å². The smallest absolute Gasteiger partial charge is 0.121 e. The molecule has 3 N–H and O–H groups in total. The summed E-state index contributed by atoms with van der Waals surface area (Å²) in [5, 5.41) is 3.52. The van der Waals surface area contributed by atoms with Gasteiger partial charge < -0.3 is 15.3 Å². The second-order valence-corrected chi connectivity index (χ2v) is 10.7. The van der Waals surface area contributed by atoms with Gasteiger partial charge in [-0.2, -0.15) is 0 Å². The number of benzene rings is 3. The molecule has 0 fully saturated rings. The number of aromatic amines is 2. The summed E-state index contributed by atoms with van der Waals surface area (Å²) in [6.45, 7) is 3.08. The standard InChI is InChI=1S/C33H33N7.BrH/c1-2-10-27-26(9-1)36-31(37-27)20-34-19-23-14-16-24(17-15-23)21-40(22-32-38-28-11-3-4-12-29(28)39-32)30-13-5-7-25-8-6-18-35-33(25)30;/h1-4,6,8-12,14-18,30,34H,5,7,13,19-22H2,(H,36,37)(H,38,39);1H. The molecule has 0 spiro atoms. The van der Waals surface area contributed by atoms with Crippen molar-refractivity contribution in [3.05, 3.63) is 125 Å². The molecule has 0 aliphatic heterocycles. The first-order chi connectivity index (χ1) is 19.8. The third-order valence-electron chi connectivity index (χ3n) is 7.87. The van der Waals surface area contributed by atoms with E-state index in [-0.39, 0.29) is 23.0 Å². The number of aryl methyl sites for hydroxylation is 1. The van der Waals surface area contributed by atoms with Crippen molar-refractivity contribution in [3.63, 3.8) is 0 Å². The summed E-state index contributed by atoms with van der Waals surface area (Å²) in [5.41, 5.74) is 9.32. The third kappa shape index (κ3) is 6.10. The van der Waals surface area contributed by atoms with E-state index < -0.39 is 0 Å². The number of rotatable bonds is 9. The Balaban J connectivity index is 0.00000302. The lowest BCUT2D eigenvalue weighted by Crippen LogP contribution is -2.31. The van der Waals surface area contributed by atoms with Crippen LogP contribution in [0.25, 0.3) is 22.1 Å². The molecular weight excluding hydrogens is 574 g/mol. The minimum atomic E-state index is 0. The maximum absolute atomic E-state index is 4.90. The van der Waals surface area contributed by atoms with Crippen LogP contribution in [0.3, 0.4) is 0 Å². The van der Waals surface area contributed by atoms with E-state index in [0.29, 0.717) is 6.54 Å². The van der Waals surface area contributed by atoms with Crippen LogP contribution in [0.15, 0.2) is 91.1 Å². The Morgan fingerprint density at radius 2 is 1.41 bits per heavy atom. The number of nitrogens with zero attached hydrogens (tertiary/aromatic N) is 4. The van der Waals surface area contributed by atoms with Gasteiger partial charge in [-0.05, 0) is 66.3 Å². The Hall–Kier alpha value is -3.85. The van der Waals surface area contributed by atoms with Gasteiger partial charge >= 0.3 is 0 Å². The van der Waals surface area contributed by atoms with E-state index >= 15 is 0 Å². The number of pyridine rings is 1. The Bertz CT molecular complexity index is 1670. The molecule has 3 aromatic carbocycles. The van der Waals surface area contributed by atoms with E-state index in [4.69, 9.17) is 9.97 Å². The molecular formula is C33H34BrN7. The molecule has 8 heteroatoms. The number of imidazole rings is 2. The van der Waals surface area contributed by atoms with Crippen molar-refractivity contribution in [1.82, 2.24) is 35.1 Å². The van der Waals surface area contributed by atoms with Gasteiger partial charge in [0.2, 0.25) is 0 Å². The normalized spacial score (nSPS) is 14.8. The molecule has 7 nitrogen and oxygen atoms in total. The molecule has 0 radical (unpaired) electrons. The number of para-hydroxylation sites is 4. The molecule has 208 valence electrons. The van der Waals surface area contributed by atoms with E-state index in [2.05, 4.69) is 85.8 Å². The lowest BCUT2D eigenvalue weighted by molar-refractivity contribution is 0.153. The molecule has 6 aromatic rings. The van der Waals surface area contributed by atoms with Crippen LogP contribution in [0.2, 0.25) is 0 Å². The number of halogens is 1. The molecule has 0 amide bonds. The molecule has 7 rings (SSSR count). The predicted octanol–water partition coefficient (Wildman–Crippen LogP) is 6.78. The summed E-state index contributed by atoms with van der Waals surface area (Å²) in [6.07, 6.45) is 5.32. The maximum Gasteiger partial charge on any atom is 0.121 e. The second-order valence-electron chi connectivity index (χ2n) is 10.7. The van der Waals surface area contributed by atoms with E-state index in [1.165, 1.54) is 28.8 Å². The van der Waals surface area contributed by atoms with Crippen molar-refractivity contribution in [2.45, 2.75) is 51.5 Å². The summed E-state index contributed by atoms with van der Waals surface area (Å²) in [5.74, 6) is 1.95. The zero-order chi connectivity index (χ0) is 26.7. The number of hydrogen-bond donors (Lipinski definition) is 3. The van der Waals surface area contributed by atoms with Gasteiger partial charge in [0.05, 0.1) is 46.9 Å². The van der Waals surface area contributed by atoms with E-state index in [0.717, 1.165) is 66.2 Å². The molecule has 1 aliphatic carbocycles. The van der Waals surface area contributed by atoms with Gasteiger partial charge in [-0.25, -0.2) is 9.97 Å². The Labute approximate surface area is 250 Å². The van der Waals surface area contributed by atoms with Gasteiger partial charge in [0.1, 0.15) is 11.6 Å². The highest BCUT2D eigenvalue weighted by molar-refractivity contribution is 8.93. The fourth-order valence-corrected chi connectivity index (χ4v) is 5.90. The molecule has 3 aromatic heterocycles. The number of hydrogen-bond acceptors (Lipinski definition) is 5. The number of fused-ring (bicyclic) bond motifs is 3. The summed E-state index contributed by atoms with van der Waals surface area (Å²) in [7, 11) is 0. The Kier molecular flexibility index (Phi) is 8.23. The lowest BCUT2D eigenvalue weighted by Gasteiger charge is -2.34. The van der Waals surface area contributed by atoms with Crippen LogP contribution >= 0.6 is 17.0 Å². The SMILES string of the molecule is Br.c1cnc2c(c1)CCCC2N(Cc1ccc(CNCc2nc3ccccc3[nH]2)cc1)Cc1nc2ccccc2[nH]1. The number of H-pyrrole nitrogens is 2. The first-order valence-electron chi connectivity index (χ1n) is 14.1. The van der Waals surface area contributed by atoms with Gasteiger partial charge in [0.25, 0.3) is 0 Å². The van der Waals surface area contributed by atoms with Gasteiger partial charge in [0, 0.05) is 19.3 Å². The first kappa shape index (κ1) is 27.3. The van der Waals surface area contributed by atoms with Crippen LogP contribution in [0.4, 0.5) is 0 Å². The van der Waals surface area contributed by atoms with Gasteiger partial charge in [-0.15, -0.1) is 17.0 Å². The minimum Gasteiger partial charge on any atom is -0.341 e. The maximum atomic E-state index is 4.90. The number of nitrogens with one attached hydrogen (secondary N) is 3. The van der Waals surface area contributed by atoms with E-state index in [1.807, 2.05) is 30.5 Å². The van der Waals surface area contributed by atoms with Crippen molar-refractivity contribution in [2.24, 2.45) is 0 Å². The molecule has 0 bridgehead atoms. The van der Waals surface area contributed by atoms with Crippen molar-refractivity contribution in [2.75, 3.05) is 0 Å². The average molecular weight is 609 g/mol. The van der Waals surface area contributed by atoms with E-state index in [1.54, 1.807) is 0 Å². The minimum absolute atomic E-state index is 0. The van der Waals surface area contributed by atoms with Crippen molar-refractivity contribution in [3.8, 4) is 0 Å². The fraction of sp³-hybridized carbons (Fsp3) is 0.242. The summed E-state index contributed by atoms with van der Waals surface area (Å²) >= 11 is 0. The van der Waals surface area contributed by atoms with E-state index in [9.17, 15) is 0 Å². The molecule has 41 heavy (non-hydrogen) atoms. The van der Waals surface area contributed by atoms with Crippen LogP contribution in [-0.2, 0) is 32.6 Å². The molecule has 1 aliphatic rings.